The molecule has 0 aromatic heterocycles. The molecule has 0 saturated heterocycles. The van der Waals surface area contributed by atoms with Gasteiger partial charge in [-0.3, -0.25) is 4.79 Å². The molecular weight excluding hydrogens is 328 g/mol. The third kappa shape index (κ3) is 836. The van der Waals surface area contributed by atoms with Gasteiger partial charge in [0.2, 0.25) is 6.41 Å². The maximum absolute atomic E-state index is 9.44. The second-order valence-corrected chi connectivity index (χ2v) is 3.11. The van der Waals surface area contributed by atoms with Crippen LogP contribution in [-0.2, 0) is 24.1 Å². The third-order valence-corrected chi connectivity index (χ3v) is 0.522. The van der Waals surface area contributed by atoms with E-state index in [1.165, 1.54) is 35.2 Å². The third-order valence-electron chi connectivity index (χ3n) is 0.522. The fraction of sp³-hybridized carbons (Fsp3) is 0.750. The number of aliphatic imine (C=N–C) groups is 1. The Bertz CT molecular complexity index is 239. The highest BCUT2D eigenvalue weighted by atomic mass is 16.6. The van der Waals surface area contributed by atoms with Gasteiger partial charge in [0.1, 0.15) is 12.9 Å². The summed E-state index contributed by atoms with van der Waals surface area (Å²) in [5.41, 5.74) is 0.796. The summed E-state index contributed by atoms with van der Waals surface area (Å²) in [5, 5.41) is 3.35. The zero-order chi connectivity index (χ0) is 20.1. The number of hydrogen-bond acceptors (Lipinski definition) is 8. The highest BCUT2D eigenvalue weighted by molar-refractivity contribution is 5.85. The topological polar surface area (TPSA) is 139 Å². The Kier molecular flexibility index (Phi) is 157. The number of carbonyl (C=O) groups excluding carboxylic acids is 2. The molecule has 0 aliphatic rings. The Labute approximate surface area is 155 Å². The minimum atomic E-state index is 0. The van der Waals surface area contributed by atoms with E-state index < -0.39 is 0 Å². The minimum absolute atomic E-state index is 0. The van der Waals surface area contributed by atoms with E-state index in [-0.39, 0.29) is 20.6 Å². The van der Waals surface area contributed by atoms with Gasteiger partial charge in [-0.1, -0.05) is 28.7 Å². The highest BCUT2D eigenvalue weighted by Crippen LogP contribution is 1.65. The molecule has 0 aromatic rings. The number of rotatable bonds is 2. The van der Waals surface area contributed by atoms with Crippen LogP contribution in [0.3, 0.4) is 0 Å². The van der Waals surface area contributed by atoms with Gasteiger partial charge in [-0.15, -0.1) is 5.16 Å². The molecule has 0 spiro atoms. The zero-order valence-electron chi connectivity index (χ0n) is 16.2. The Morgan fingerprint density at radius 2 is 1.16 bits per heavy atom. The molecule has 0 fully saturated rings. The standard InChI is InChI=1S/C4H7NO.C3H7NO.C3H6O.C2H6.2CH5NO.2CH4/c1-4(2)5-3-6;1-3-4-5-2;1-3(2)4;1-2;2*1-3-2;;/h3H,1-2H3;3H,1-2H3;1-2H3;1-2H3;2*2H2,1H3;2*1H4/b;4-3+;;;;;;. The van der Waals surface area contributed by atoms with E-state index in [1.54, 1.807) is 27.0 Å². The molecule has 0 atom stereocenters. The molecule has 0 aliphatic heterocycles. The molecule has 0 radical (unpaired) electrons. The molecule has 0 bridgehead atoms. The maximum Gasteiger partial charge on any atom is 0.232 e. The van der Waals surface area contributed by atoms with Crippen LogP contribution in [0.4, 0.5) is 0 Å². The average molecular weight is 373 g/mol. The van der Waals surface area contributed by atoms with Crippen molar-refractivity contribution < 1.29 is 24.1 Å². The van der Waals surface area contributed by atoms with Crippen molar-refractivity contribution in [1.29, 1.82) is 0 Å². The lowest BCUT2D eigenvalue weighted by Gasteiger charge is -1.75. The van der Waals surface area contributed by atoms with Crippen molar-refractivity contribution in [3.63, 3.8) is 0 Å². The van der Waals surface area contributed by atoms with Gasteiger partial charge >= 0.3 is 0 Å². The van der Waals surface area contributed by atoms with Crippen molar-refractivity contribution in [2.24, 2.45) is 21.9 Å². The van der Waals surface area contributed by atoms with Gasteiger partial charge in [0.25, 0.3) is 0 Å². The largest absolute Gasteiger partial charge is 0.399 e. The predicted octanol–water partition coefficient (Wildman–Crippen LogP) is 3.17. The quantitative estimate of drug-likeness (QED) is 0.431. The number of hydrogen-bond donors (Lipinski definition) is 2. The van der Waals surface area contributed by atoms with Crippen molar-refractivity contribution in [1.82, 2.24) is 0 Å². The first-order valence-corrected chi connectivity index (χ1v) is 6.64. The first kappa shape index (κ1) is 49.5. The molecule has 0 saturated carbocycles. The van der Waals surface area contributed by atoms with E-state index in [9.17, 15) is 9.59 Å². The second-order valence-electron chi connectivity index (χ2n) is 3.11. The van der Waals surface area contributed by atoms with E-state index in [4.69, 9.17) is 0 Å². The van der Waals surface area contributed by atoms with Crippen molar-refractivity contribution in [3.05, 3.63) is 0 Å². The van der Waals surface area contributed by atoms with Crippen LogP contribution in [0.25, 0.3) is 0 Å². The molecule has 4 N–H and O–H groups in total. The van der Waals surface area contributed by atoms with E-state index >= 15 is 0 Å². The van der Waals surface area contributed by atoms with Gasteiger partial charge < -0.3 is 19.3 Å². The van der Waals surface area contributed by atoms with Gasteiger partial charge in [-0.25, -0.2) is 16.8 Å². The monoisotopic (exact) mass is 372 g/mol. The number of nitrogens with two attached hydrogens (primary N) is 2. The molecule has 0 aromatic carbocycles. The van der Waals surface area contributed by atoms with Crippen LogP contribution >= 0.6 is 0 Å². The molecule has 0 unspecified atom stereocenters. The lowest BCUT2D eigenvalue weighted by atomic mass is 10.5. The van der Waals surface area contributed by atoms with Crippen LogP contribution in [0.2, 0.25) is 0 Å². The summed E-state index contributed by atoms with van der Waals surface area (Å²) >= 11 is 0. The molecule has 0 heterocycles. The molecule has 9 nitrogen and oxygen atoms in total. The molecule has 1 amide bonds. The summed E-state index contributed by atoms with van der Waals surface area (Å²) in [4.78, 5) is 34.0. The van der Waals surface area contributed by atoms with Gasteiger partial charge in [0.05, 0.1) is 14.2 Å². The summed E-state index contributed by atoms with van der Waals surface area (Å²) in [6, 6.07) is 0. The van der Waals surface area contributed by atoms with E-state index in [1.807, 2.05) is 13.8 Å². The summed E-state index contributed by atoms with van der Waals surface area (Å²) < 4.78 is 0. The van der Waals surface area contributed by atoms with E-state index in [0.717, 1.165) is 5.71 Å². The SMILES string of the molecule is C.C.C/C=N/OC.CC.CC(C)=NC=O.CC(C)=O.CON.CON. The second kappa shape index (κ2) is 79.2. The fourth-order valence-corrected chi connectivity index (χ4v) is 0.211. The van der Waals surface area contributed by atoms with Crippen molar-refractivity contribution in [2.75, 3.05) is 21.3 Å². The Morgan fingerprint density at radius 3 is 1.16 bits per heavy atom. The summed E-state index contributed by atoms with van der Waals surface area (Å²) in [5.74, 6) is 8.86. The van der Waals surface area contributed by atoms with Gasteiger partial charge in [0, 0.05) is 11.9 Å². The van der Waals surface area contributed by atoms with Crippen LogP contribution < -0.4 is 11.8 Å². The molecule has 25 heavy (non-hydrogen) atoms. The van der Waals surface area contributed by atoms with Crippen LogP contribution in [0.5, 0.6) is 0 Å². The Hall–Kier alpha value is -1.68. The first-order chi connectivity index (χ1) is 10.7. The maximum atomic E-state index is 9.44. The number of nitrogens with zero attached hydrogens (tertiary/aromatic N) is 2. The molecule has 0 aliphatic carbocycles. The fourth-order valence-electron chi connectivity index (χ4n) is 0.211. The predicted molar refractivity (Wildman–Crippen MR) is 110 cm³/mol. The number of amides is 1. The first-order valence-electron chi connectivity index (χ1n) is 6.64. The van der Waals surface area contributed by atoms with E-state index in [0.29, 0.717) is 6.41 Å². The van der Waals surface area contributed by atoms with Gasteiger partial charge in [-0.2, -0.15) is 0 Å². The van der Waals surface area contributed by atoms with E-state index in [2.05, 4.69) is 36.5 Å². The normalized spacial score (nSPS) is 6.24. The Morgan fingerprint density at radius 1 is 0.920 bits per heavy atom. The lowest BCUT2D eigenvalue weighted by Crippen LogP contribution is -1.86. The summed E-state index contributed by atoms with van der Waals surface area (Å²) in [6.07, 6.45) is 2.12. The van der Waals surface area contributed by atoms with Gasteiger partial charge in [-0.05, 0) is 34.6 Å². The van der Waals surface area contributed by atoms with Gasteiger partial charge in [0.15, 0.2) is 0 Å². The number of carbonyl (C=O) groups is 2. The molecule has 9 heteroatoms. The van der Waals surface area contributed by atoms with Crippen molar-refractivity contribution >= 4 is 24.1 Å². The van der Waals surface area contributed by atoms with Crippen molar-refractivity contribution in [2.45, 2.75) is 63.3 Å². The van der Waals surface area contributed by atoms with Crippen LogP contribution in [0, 0.1) is 0 Å². The Balaban J connectivity index is -0.0000000236. The van der Waals surface area contributed by atoms with Crippen molar-refractivity contribution in [3.8, 4) is 0 Å². The smallest absolute Gasteiger partial charge is 0.232 e. The van der Waals surface area contributed by atoms with Crippen LogP contribution in [0.1, 0.15) is 63.3 Å². The number of Topliss-reactive ketones (excluding diaryl/α,β-unsaturated/α-hetero) is 1. The minimum Gasteiger partial charge on any atom is -0.399 e. The number of ketones is 1. The molecular formula is C16H44N4O5. The zero-order valence-corrected chi connectivity index (χ0v) is 16.2. The summed E-state index contributed by atoms with van der Waals surface area (Å²) in [7, 11) is 4.32. The average Bonchev–Trinajstić information content (AvgIpc) is 2.43. The lowest BCUT2D eigenvalue weighted by molar-refractivity contribution is -0.115. The molecule has 0 rings (SSSR count). The number of oxime groups is 1. The summed E-state index contributed by atoms with van der Waals surface area (Å²) in [6.45, 7) is 12.4. The highest BCUT2D eigenvalue weighted by Gasteiger charge is 1.67. The van der Waals surface area contributed by atoms with Crippen LogP contribution in [-0.4, -0.2) is 45.4 Å². The molecule has 158 valence electrons. The van der Waals surface area contributed by atoms with Crippen LogP contribution in [0.15, 0.2) is 10.1 Å².